The Balaban J connectivity index is 1.36. The number of fused-ring (bicyclic) bond motifs is 3. The molecule has 1 amide bonds. The number of hydrogen-bond acceptors (Lipinski definition) is 5. The Hall–Kier alpha value is -3.07. The minimum absolute atomic E-state index is 0.183. The lowest BCUT2D eigenvalue weighted by Gasteiger charge is -2.36. The van der Waals surface area contributed by atoms with Crippen LogP contribution in [0.1, 0.15) is 23.2 Å². The molecule has 0 spiro atoms. The number of nitrogens with one attached hydrogen (secondary N) is 2. The van der Waals surface area contributed by atoms with E-state index < -0.39 is 0 Å². The molecule has 5 heterocycles. The van der Waals surface area contributed by atoms with Crippen LogP contribution in [0.5, 0.6) is 0 Å². The highest BCUT2D eigenvalue weighted by Gasteiger charge is 2.33. The maximum absolute atomic E-state index is 13.5. The second-order valence-electron chi connectivity index (χ2n) is 8.85. The lowest BCUT2D eigenvalue weighted by molar-refractivity contribution is 0.0982. The van der Waals surface area contributed by atoms with Crippen LogP contribution < -0.4 is 15.1 Å². The van der Waals surface area contributed by atoms with E-state index in [0.29, 0.717) is 34.0 Å². The van der Waals surface area contributed by atoms with Crippen molar-refractivity contribution >= 4 is 51.5 Å². The lowest BCUT2D eigenvalue weighted by atomic mass is 10.1. The first-order valence-corrected chi connectivity index (χ1v) is 12.0. The fraction of sp³-hybridized carbons (Fsp3) is 0.292. The molecule has 10 heteroatoms. The standard InChI is InChI=1S/C24H23Cl2N7O/c1-31-13-33(22-18(25)5-2-6-19(22)26)24(34)17-10-28-23-16(21(17)31)8-20(30-23)14-9-29-32(11-14)12-15-4-3-7-27-15/h2,5-6,8-11,15,27H,3-4,7,12-13H2,1H3,(H,28,30)/t15-/m1/s1. The van der Waals surface area contributed by atoms with Gasteiger partial charge in [0, 0.05) is 36.4 Å². The van der Waals surface area contributed by atoms with E-state index in [9.17, 15) is 4.79 Å². The molecule has 0 bridgehead atoms. The molecule has 1 fully saturated rings. The molecular weight excluding hydrogens is 473 g/mol. The van der Waals surface area contributed by atoms with Gasteiger partial charge in [0.05, 0.1) is 52.1 Å². The Kier molecular flexibility index (Phi) is 5.24. The topological polar surface area (TPSA) is 82.1 Å². The second kappa shape index (κ2) is 8.30. The number of carbonyl (C=O) groups is 1. The van der Waals surface area contributed by atoms with Crippen molar-refractivity contribution in [2.75, 3.05) is 30.1 Å². The molecule has 4 aromatic rings. The summed E-state index contributed by atoms with van der Waals surface area (Å²) in [7, 11) is 1.95. The van der Waals surface area contributed by atoms with Crippen molar-refractivity contribution < 1.29 is 4.79 Å². The summed E-state index contributed by atoms with van der Waals surface area (Å²) >= 11 is 12.8. The van der Waals surface area contributed by atoms with Gasteiger partial charge in [0.2, 0.25) is 0 Å². The van der Waals surface area contributed by atoms with E-state index in [1.807, 2.05) is 35.1 Å². The predicted octanol–water partition coefficient (Wildman–Crippen LogP) is 4.54. The van der Waals surface area contributed by atoms with E-state index in [1.54, 1.807) is 29.3 Å². The van der Waals surface area contributed by atoms with Crippen molar-refractivity contribution in [3.05, 3.63) is 58.5 Å². The molecule has 3 aromatic heterocycles. The average molecular weight is 496 g/mol. The highest BCUT2D eigenvalue weighted by molar-refractivity contribution is 6.40. The Morgan fingerprint density at radius 3 is 2.76 bits per heavy atom. The van der Waals surface area contributed by atoms with Crippen LogP contribution in [0, 0.1) is 0 Å². The van der Waals surface area contributed by atoms with Crippen LogP contribution in [0.15, 0.2) is 42.9 Å². The lowest BCUT2D eigenvalue weighted by Crippen LogP contribution is -2.45. The number of carbonyl (C=O) groups excluding carboxylic acids is 1. The molecule has 0 unspecified atom stereocenters. The van der Waals surface area contributed by atoms with Crippen molar-refractivity contribution in [2.45, 2.75) is 25.4 Å². The Morgan fingerprint density at radius 2 is 2.00 bits per heavy atom. The van der Waals surface area contributed by atoms with Gasteiger partial charge in [-0.3, -0.25) is 14.4 Å². The number of aromatic nitrogens is 4. The summed E-state index contributed by atoms with van der Waals surface area (Å²) in [6, 6.07) is 7.73. The van der Waals surface area contributed by atoms with E-state index in [-0.39, 0.29) is 5.91 Å². The molecule has 174 valence electrons. The Morgan fingerprint density at radius 1 is 1.18 bits per heavy atom. The minimum atomic E-state index is -0.183. The van der Waals surface area contributed by atoms with Crippen LogP contribution in [0.2, 0.25) is 10.0 Å². The van der Waals surface area contributed by atoms with Gasteiger partial charge in [-0.05, 0) is 37.6 Å². The van der Waals surface area contributed by atoms with Crippen LogP contribution >= 0.6 is 23.2 Å². The maximum atomic E-state index is 13.5. The van der Waals surface area contributed by atoms with E-state index in [4.69, 9.17) is 23.2 Å². The van der Waals surface area contributed by atoms with E-state index in [1.165, 1.54) is 12.8 Å². The van der Waals surface area contributed by atoms with Crippen molar-refractivity contribution in [1.82, 2.24) is 25.1 Å². The molecule has 8 nitrogen and oxygen atoms in total. The molecule has 2 aliphatic rings. The number of hydrogen-bond donors (Lipinski definition) is 2. The average Bonchev–Trinajstić information content (AvgIpc) is 3.57. The van der Waals surface area contributed by atoms with Gasteiger partial charge in [0.25, 0.3) is 5.91 Å². The van der Waals surface area contributed by atoms with Crippen molar-refractivity contribution in [1.29, 1.82) is 0 Å². The molecule has 2 aliphatic heterocycles. The molecule has 0 aliphatic carbocycles. The van der Waals surface area contributed by atoms with Gasteiger partial charge in [0.15, 0.2) is 0 Å². The molecule has 1 atom stereocenters. The SMILES string of the molecule is CN1CN(c2c(Cl)cccc2Cl)C(=O)c2cnc3[nH]c(-c4cnn(C[C@H]5CCCN5)c4)cc3c21. The zero-order valence-corrected chi connectivity index (χ0v) is 20.1. The van der Waals surface area contributed by atoms with Gasteiger partial charge in [-0.2, -0.15) is 5.10 Å². The van der Waals surface area contributed by atoms with Gasteiger partial charge in [-0.25, -0.2) is 4.98 Å². The fourth-order valence-corrected chi connectivity index (χ4v) is 5.54. The van der Waals surface area contributed by atoms with Crippen LogP contribution in [0.4, 0.5) is 11.4 Å². The highest BCUT2D eigenvalue weighted by atomic mass is 35.5. The largest absolute Gasteiger partial charge is 0.355 e. The van der Waals surface area contributed by atoms with Crippen molar-refractivity contribution in [2.24, 2.45) is 0 Å². The van der Waals surface area contributed by atoms with E-state index in [0.717, 1.165) is 41.1 Å². The van der Waals surface area contributed by atoms with Gasteiger partial charge >= 0.3 is 0 Å². The number of H-pyrrole nitrogens is 1. The summed E-state index contributed by atoms with van der Waals surface area (Å²) in [5, 5.41) is 9.79. The fourth-order valence-electron chi connectivity index (χ4n) is 4.94. The number of halogens is 2. The number of nitrogens with zero attached hydrogens (tertiary/aromatic N) is 5. The van der Waals surface area contributed by atoms with Gasteiger partial charge < -0.3 is 15.2 Å². The number of amides is 1. The zero-order valence-electron chi connectivity index (χ0n) is 18.6. The van der Waals surface area contributed by atoms with Gasteiger partial charge in [0.1, 0.15) is 5.65 Å². The first kappa shape index (κ1) is 21.5. The number of aromatic amines is 1. The quantitative estimate of drug-likeness (QED) is 0.434. The minimum Gasteiger partial charge on any atom is -0.355 e. The second-order valence-corrected chi connectivity index (χ2v) is 9.67. The molecule has 2 N–H and O–H groups in total. The molecule has 6 rings (SSSR count). The van der Waals surface area contributed by atoms with Crippen LogP contribution in [-0.2, 0) is 6.54 Å². The smallest absolute Gasteiger partial charge is 0.263 e. The van der Waals surface area contributed by atoms with Crippen LogP contribution in [0.3, 0.4) is 0 Å². The van der Waals surface area contributed by atoms with Gasteiger partial charge in [-0.1, -0.05) is 29.3 Å². The molecular formula is C24H23Cl2N7O. The van der Waals surface area contributed by atoms with Crippen LogP contribution in [0.25, 0.3) is 22.3 Å². The molecule has 0 saturated carbocycles. The summed E-state index contributed by atoms with van der Waals surface area (Å²) in [6.45, 7) is 2.25. The number of para-hydroxylation sites is 1. The third kappa shape index (κ3) is 3.53. The number of rotatable bonds is 4. The summed E-state index contributed by atoms with van der Waals surface area (Å²) in [6.07, 6.45) is 7.91. The normalized spacial score (nSPS) is 18.2. The first-order chi connectivity index (χ1) is 16.5. The summed E-state index contributed by atoms with van der Waals surface area (Å²) in [4.78, 5) is 25.0. The summed E-state index contributed by atoms with van der Waals surface area (Å²) in [5.41, 5.74) is 4.47. The van der Waals surface area contributed by atoms with Gasteiger partial charge in [-0.15, -0.1) is 0 Å². The predicted molar refractivity (Wildman–Crippen MR) is 135 cm³/mol. The van der Waals surface area contributed by atoms with Crippen LogP contribution in [-0.4, -0.2) is 52.0 Å². The summed E-state index contributed by atoms with van der Waals surface area (Å²) in [5.74, 6) is -0.183. The Bertz CT molecular complexity index is 1390. The molecule has 1 aromatic carbocycles. The molecule has 34 heavy (non-hydrogen) atoms. The monoisotopic (exact) mass is 495 g/mol. The zero-order chi connectivity index (χ0) is 23.4. The van der Waals surface area contributed by atoms with Crippen molar-refractivity contribution in [3.8, 4) is 11.3 Å². The maximum Gasteiger partial charge on any atom is 0.263 e. The summed E-state index contributed by atoms with van der Waals surface area (Å²) < 4.78 is 1.98. The highest BCUT2D eigenvalue weighted by Crippen LogP contribution is 2.40. The molecule has 1 saturated heterocycles. The first-order valence-electron chi connectivity index (χ1n) is 11.2. The molecule has 0 radical (unpaired) electrons. The third-order valence-corrected chi connectivity index (χ3v) is 7.17. The Labute approximate surface area is 206 Å². The van der Waals surface area contributed by atoms with Crippen molar-refractivity contribution in [3.63, 3.8) is 0 Å². The van der Waals surface area contributed by atoms with E-state index >= 15 is 0 Å². The number of benzene rings is 1. The number of anilines is 2. The number of pyridine rings is 1. The van der Waals surface area contributed by atoms with E-state index in [2.05, 4.69) is 20.4 Å². The third-order valence-electron chi connectivity index (χ3n) is 6.56.